The van der Waals surface area contributed by atoms with Crippen LogP contribution in [0.5, 0.6) is 11.5 Å². The lowest BCUT2D eigenvalue weighted by atomic mass is 10.0. The van der Waals surface area contributed by atoms with Crippen molar-refractivity contribution in [2.24, 2.45) is 0 Å². The number of allylic oxidation sites excluding steroid dienone is 1. The molecule has 0 aliphatic rings. The summed E-state index contributed by atoms with van der Waals surface area (Å²) in [5, 5.41) is 29.1. The minimum atomic E-state index is -1.16. The first kappa shape index (κ1) is 20.7. The molecule has 0 unspecified atom stereocenters. The Hall–Kier alpha value is -3.57. The molecule has 0 radical (unpaired) electrons. The molecule has 0 bridgehead atoms. The summed E-state index contributed by atoms with van der Waals surface area (Å²) in [5.41, 5.74) is 1.19. The molecule has 2 rings (SSSR count). The van der Waals surface area contributed by atoms with Crippen molar-refractivity contribution >= 4 is 34.9 Å². The number of rotatable bonds is 8. The van der Waals surface area contributed by atoms with Crippen LogP contribution >= 0.6 is 11.6 Å². The van der Waals surface area contributed by atoms with Gasteiger partial charge in [0.1, 0.15) is 0 Å². The number of nitriles is 1. The van der Waals surface area contributed by atoms with Gasteiger partial charge in [0.15, 0.2) is 18.1 Å². The second-order valence-corrected chi connectivity index (χ2v) is 5.83. The summed E-state index contributed by atoms with van der Waals surface area (Å²) >= 11 is 6.20. The molecule has 0 saturated heterocycles. The topological polar surface area (TPSA) is 123 Å². The molecule has 144 valence electrons. The lowest BCUT2D eigenvalue weighted by Crippen LogP contribution is -2.10. The molecule has 0 aromatic heterocycles. The molecule has 0 fully saturated rings. The third-order valence-electron chi connectivity index (χ3n) is 3.49. The van der Waals surface area contributed by atoms with Gasteiger partial charge in [0, 0.05) is 12.1 Å². The number of benzene rings is 2. The minimum Gasteiger partial charge on any atom is -0.490 e. The highest BCUT2D eigenvalue weighted by Crippen LogP contribution is 2.37. The molecule has 0 aliphatic heterocycles. The summed E-state index contributed by atoms with van der Waals surface area (Å²) in [7, 11) is 0. The fraction of sp³-hybridized carbons (Fsp3) is 0.158. The average Bonchev–Trinajstić information content (AvgIpc) is 2.65. The van der Waals surface area contributed by atoms with Gasteiger partial charge in [-0.25, -0.2) is 4.79 Å². The van der Waals surface area contributed by atoms with Gasteiger partial charge in [-0.15, -0.1) is 0 Å². The van der Waals surface area contributed by atoms with Crippen LogP contribution in [0, 0.1) is 21.4 Å². The number of hydrogen-bond acceptors (Lipinski definition) is 6. The van der Waals surface area contributed by atoms with E-state index in [4.69, 9.17) is 26.2 Å². The zero-order chi connectivity index (χ0) is 20.7. The average molecular weight is 403 g/mol. The Labute approximate surface area is 165 Å². The highest BCUT2D eigenvalue weighted by atomic mass is 35.5. The summed E-state index contributed by atoms with van der Waals surface area (Å²) in [6, 6.07) is 10.7. The number of carboxylic acid groups (broad SMARTS) is 1. The van der Waals surface area contributed by atoms with Gasteiger partial charge in [0.2, 0.25) is 0 Å². The fourth-order valence-electron chi connectivity index (χ4n) is 2.32. The van der Waals surface area contributed by atoms with E-state index in [1.54, 1.807) is 13.0 Å². The van der Waals surface area contributed by atoms with E-state index in [9.17, 15) is 20.2 Å². The monoisotopic (exact) mass is 402 g/mol. The van der Waals surface area contributed by atoms with Crippen molar-refractivity contribution in [3.63, 3.8) is 0 Å². The van der Waals surface area contributed by atoms with Crippen molar-refractivity contribution in [2.45, 2.75) is 6.92 Å². The van der Waals surface area contributed by atoms with Crippen LogP contribution < -0.4 is 9.47 Å². The summed E-state index contributed by atoms with van der Waals surface area (Å²) in [6.07, 6.45) is 1.54. The van der Waals surface area contributed by atoms with Crippen molar-refractivity contribution in [1.29, 1.82) is 5.26 Å². The van der Waals surface area contributed by atoms with Crippen molar-refractivity contribution < 1.29 is 24.3 Å². The lowest BCUT2D eigenvalue weighted by Gasteiger charge is -2.13. The molecule has 0 amide bonds. The highest BCUT2D eigenvalue weighted by molar-refractivity contribution is 6.32. The first-order valence-corrected chi connectivity index (χ1v) is 8.41. The van der Waals surface area contributed by atoms with Crippen LogP contribution in [0.2, 0.25) is 5.02 Å². The van der Waals surface area contributed by atoms with Crippen molar-refractivity contribution in [3.05, 3.63) is 62.7 Å². The SMILES string of the molecule is CCOc1cc(/C=C(\C#N)c2ccc([N+](=O)[O-])cc2)cc(Cl)c1OCC(=O)O. The Morgan fingerprint density at radius 1 is 1.32 bits per heavy atom. The molecule has 2 aromatic carbocycles. The normalized spacial score (nSPS) is 10.8. The van der Waals surface area contributed by atoms with Crippen LogP contribution in [0.25, 0.3) is 11.6 Å². The molecule has 28 heavy (non-hydrogen) atoms. The van der Waals surface area contributed by atoms with Gasteiger partial charge in [-0.1, -0.05) is 11.6 Å². The van der Waals surface area contributed by atoms with E-state index in [0.29, 0.717) is 17.7 Å². The zero-order valence-corrected chi connectivity index (χ0v) is 15.5. The van der Waals surface area contributed by atoms with E-state index in [-0.39, 0.29) is 27.8 Å². The molecule has 0 atom stereocenters. The predicted molar refractivity (Wildman–Crippen MR) is 102 cm³/mol. The zero-order valence-electron chi connectivity index (χ0n) is 14.7. The maximum absolute atomic E-state index is 10.8. The van der Waals surface area contributed by atoms with Gasteiger partial charge in [-0.3, -0.25) is 10.1 Å². The Kier molecular flexibility index (Phi) is 6.96. The van der Waals surface area contributed by atoms with E-state index in [1.807, 2.05) is 6.07 Å². The largest absolute Gasteiger partial charge is 0.490 e. The van der Waals surface area contributed by atoms with Crippen LogP contribution in [-0.4, -0.2) is 29.2 Å². The number of nitro groups is 1. The molecule has 2 aromatic rings. The van der Waals surface area contributed by atoms with Crippen molar-refractivity contribution in [3.8, 4) is 17.6 Å². The fourth-order valence-corrected chi connectivity index (χ4v) is 2.59. The molecular formula is C19H15ClN2O6. The molecule has 0 heterocycles. The summed E-state index contributed by atoms with van der Waals surface area (Å²) < 4.78 is 10.6. The van der Waals surface area contributed by atoms with E-state index in [1.165, 1.54) is 36.4 Å². The Morgan fingerprint density at radius 3 is 2.54 bits per heavy atom. The second-order valence-electron chi connectivity index (χ2n) is 5.42. The number of hydrogen-bond donors (Lipinski definition) is 1. The van der Waals surface area contributed by atoms with E-state index in [2.05, 4.69) is 0 Å². The smallest absolute Gasteiger partial charge is 0.341 e. The lowest BCUT2D eigenvalue weighted by molar-refractivity contribution is -0.384. The summed E-state index contributed by atoms with van der Waals surface area (Å²) in [4.78, 5) is 21.0. The van der Waals surface area contributed by atoms with Gasteiger partial charge >= 0.3 is 5.97 Å². The number of non-ortho nitro benzene ring substituents is 1. The highest BCUT2D eigenvalue weighted by Gasteiger charge is 2.14. The standard InChI is InChI=1S/C19H15ClN2O6/c1-2-27-17-9-12(8-16(20)19(17)28-11-18(23)24)7-14(10-21)13-3-5-15(6-4-13)22(25)26/h3-9H,2,11H2,1H3,(H,23,24)/b14-7+. The number of nitrogens with zero attached hydrogens (tertiary/aromatic N) is 2. The first-order valence-electron chi connectivity index (χ1n) is 8.03. The predicted octanol–water partition coefficient (Wildman–Crippen LogP) is 4.17. The number of nitro benzene ring substituents is 1. The molecule has 0 spiro atoms. The maximum atomic E-state index is 10.8. The van der Waals surface area contributed by atoms with Crippen LogP contribution in [0.3, 0.4) is 0 Å². The Balaban J connectivity index is 2.43. The van der Waals surface area contributed by atoms with Crippen LogP contribution in [-0.2, 0) is 4.79 Å². The second kappa shape index (κ2) is 9.39. The molecule has 8 nitrogen and oxygen atoms in total. The van der Waals surface area contributed by atoms with E-state index < -0.39 is 17.5 Å². The number of aliphatic carboxylic acids is 1. The molecule has 9 heteroatoms. The first-order chi connectivity index (χ1) is 13.3. The van der Waals surface area contributed by atoms with Gasteiger partial charge in [-0.2, -0.15) is 5.26 Å². The van der Waals surface area contributed by atoms with Crippen molar-refractivity contribution in [2.75, 3.05) is 13.2 Å². The van der Waals surface area contributed by atoms with Crippen LogP contribution in [0.1, 0.15) is 18.1 Å². The maximum Gasteiger partial charge on any atom is 0.341 e. The third kappa shape index (κ3) is 5.22. The number of ether oxygens (including phenoxy) is 2. The van der Waals surface area contributed by atoms with E-state index >= 15 is 0 Å². The van der Waals surface area contributed by atoms with Gasteiger partial charge in [0.25, 0.3) is 5.69 Å². The van der Waals surface area contributed by atoms with Crippen LogP contribution in [0.15, 0.2) is 36.4 Å². The van der Waals surface area contributed by atoms with Gasteiger partial charge in [-0.05, 0) is 48.4 Å². The van der Waals surface area contributed by atoms with Gasteiger partial charge in [0.05, 0.1) is 28.2 Å². The van der Waals surface area contributed by atoms with Gasteiger partial charge < -0.3 is 14.6 Å². The molecular weight excluding hydrogens is 388 g/mol. The molecule has 0 saturated carbocycles. The molecule has 0 aliphatic carbocycles. The third-order valence-corrected chi connectivity index (χ3v) is 3.77. The Morgan fingerprint density at radius 2 is 2.00 bits per heavy atom. The summed E-state index contributed by atoms with van der Waals surface area (Å²) in [5.74, 6) is -0.826. The van der Waals surface area contributed by atoms with E-state index in [0.717, 1.165) is 0 Å². The minimum absolute atomic E-state index is 0.0809. The van der Waals surface area contributed by atoms with Crippen LogP contribution in [0.4, 0.5) is 5.69 Å². The Bertz CT molecular complexity index is 964. The summed E-state index contributed by atoms with van der Waals surface area (Å²) in [6.45, 7) is 1.45. The van der Waals surface area contributed by atoms with Crippen molar-refractivity contribution in [1.82, 2.24) is 0 Å². The number of carbonyl (C=O) groups is 1. The molecule has 1 N–H and O–H groups in total. The quantitative estimate of drug-likeness (QED) is 0.304. The number of halogens is 1. The number of carboxylic acids is 1.